The maximum atomic E-state index is 12.1. The number of hydrogen-bond donors (Lipinski definition) is 3. The van der Waals surface area contributed by atoms with Gasteiger partial charge >= 0.3 is 5.76 Å². The molecule has 1 atom stereocenters. The van der Waals surface area contributed by atoms with Crippen molar-refractivity contribution in [3.8, 4) is 11.5 Å². The average Bonchev–Trinajstić information content (AvgIpc) is 3.06. The lowest BCUT2D eigenvalue weighted by molar-refractivity contribution is -0.118. The number of aromatic hydroxyl groups is 1. The van der Waals surface area contributed by atoms with E-state index in [1.165, 1.54) is 12.1 Å². The lowest BCUT2D eigenvalue weighted by Gasteiger charge is -2.27. The van der Waals surface area contributed by atoms with Crippen LogP contribution in [0.4, 0.5) is 5.69 Å². The van der Waals surface area contributed by atoms with Gasteiger partial charge in [0.25, 0.3) is 5.91 Å². The van der Waals surface area contributed by atoms with Crippen LogP contribution < -0.4 is 15.8 Å². The van der Waals surface area contributed by atoms with Crippen molar-refractivity contribution in [2.24, 2.45) is 5.41 Å². The number of anilines is 1. The number of phenolic OH excluding ortho intramolecular Hbond substituents is 1. The van der Waals surface area contributed by atoms with Gasteiger partial charge in [-0.25, -0.2) is 4.79 Å². The molecule has 1 aromatic heterocycles. The molecule has 170 valence electrons. The molecule has 1 amide bonds. The third kappa shape index (κ3) is 4.65. The summed E-state index contributed by atoms with van der Waals surface area (Å²) < 4.78 is 12.4. The van der Waals surface area contributed by atoms with E-state index in [1.54, 1.807) is 10.6 Å². The number of aliphatic hydroxyl groups is 1. The fraction of sp³-hybridized carbons (Fsp3) is 0.417. The highest BCUT2D eigenvalue weighted by Crippen LogP contribution is 2.41. The molecule has 8 heteroatoms. The number of aliphatic hydroxyl groups excluding tert-OH is 1. The van der Waals surface area contributed by atoms with E-state index in [9.17, 15) is 19.8 Å². The van der Waals surface area contributed by atoms with Crippen molar-refractivity contribution in [3.05, 3.63) is 52.5 Å². The second-order valence-electron chi connectivity index (χ2n) is 9.06. The summed E-state index contributed by atoms with van der Waals surface area (Å²) >= 11 is 0. The number of phenols is 1. The van der Waals surface area contributed by atoms with Crippen LogP contribution >= 0.6 is 0 Å². The third-order valence-corrected chi connectivity index (χ3v) is 5.99. The molecule has 0 spiro atoms. The number of ether oxygens (including phenoxy) is 1. The maximum Gasteiger partial charge on any atom is 0.419 e. The quantitative estimate of drug-likeness (QED) is 0.489. The molecule has 4 rings (SSSR count). The summed E-state index contributed by atoms with van der Waals surface area (Å²) in [7, 11) is 0. The zero-order valence-corrected chi connectivity index (χ0v) is 18.3. The Hall–Kier alpha value is -3.26. The minimum absolute atomic E-state index is 0.0411. The smallest absolute Gasteiger partial charge is 0.419 e. The van der Waals surface area contributed by atoms with Crippen LogP contribution in [0, 0.1) is 5.41 Å². The topological polar surface area (TPSA) is 114 Å². The van der Waals surface area contributed by atoms with Gasteiger partial charge in [-0.2, -0.15) is 0 Å². The van der Waals surface area contributed by atoms with Gasteiger partial charge in [-0.05, 0) is 49.3 Å². The van der Waals surface area contributed by atoms with Crippen LogP contribution in [-0.2, 0) is 11.3 Å². The van der Waals surface area contributed by atoms with Gasteiger partial charge in [0.05, 0.1) is 17.3 Å². The molecule has 0 fully saturated rings. The fourth-order valence-electron chi connectivity index (χ4n) is 4.21. The van der Waals surface area contributed by atoms with Crippen LogP contribution in [-0.4, -0.2) is 27.3 Å². The van der Waals surface area contributed by atoms with E-state index >= 15 is 0 Å². The molecular weight excluding hydrogens is 412 g/mol. The number of nitrogens with zero attached hydrogens (tertiary/aromatic N) is 1. The SMILES string of the molecule is CC(C)(CCCn1c(=O)oc2ccccc21)CCC(O)c1cc(O)cc2c1OCC(=O)N2. The number of carbonyl (C=O) groups excluding carboxylic acids is 1. The van der Waals surface area contributed by atoms with Gasteiger partial charge in [-0.3, -0.25) is 9.36 Å². The molecule has 0 aliphatic carbocycles. The van der Waals surface area contributed by atoms with Crippen molar-refractivity contribution in [3.63, 3.8) is 0 Å². The molecule has 3 aromatic rings. The van der Waals surface area contributed by atoms with Gasteiger partial charge in [0.2, 0.25) is 0 Å². The van der Waals surface area contributed by atoms with Gasteiger partial charge in [-0.1, -0.05) is 26.0 Å². The van der Waals surface area contributed by atoms with Crippen LogP contribution in [0.15, 0.2) is 45.6 Å². The first-order chi connectivity index (χ1) is 15.2. The minimum Gasteiger partial charge on any atom is -0.508 e. The largest absolute Gasteiger partial charge is 0.508 e. The van der Waals surface area contributed by atoms with Crippen LogP contribution in [0.3, 0.4) is 0 Å². The number of hydrogen-bond acceptors (Lipinski definition) is 6. The average molecular weight is 440 g/mol. The van der Waals surface area contributed by atoms with E-state index in [0.29, 0.717) is 35.5 Å². The number of carbonyl (C=O) groups is 1. The highest BCUT2D eigenvalue weighted by Gasteiger charge is 2.26. The van der Waals surface area contributed by atoms with Gasteiger partial charge in [0.1, 0.15) is 11.5 Å². The van der Waals surface area contributed by atoms with Gasteiger partial charge < -0.3 is 24.7 Å². The van der Waals surface area contributed by atoms with Crippen LogP contribution in [0.2, 0.25) is 0 Å². The molecule has 1 aliphatic rings. The molecule has 1 aliphatic heterocycles. The summed E-state index contributed by atoms with van der Waals surface area (Å²) in [6, 6.07) is 10.3. The Bertz CT molecular complexity index is 1190. The highest BCUT2D eigenvalue weighted by molar-refractivity contribution is 5.96. The summed E-state index contributed by atoms with van der Waals surface area (Å²) in [6.45, 7) is 4.70. The Morgan fingerprint density at radius 3 is 2.78 bits per heavy atom. The number of aromatic nitrogens is 1. The van der Waals surface area contributed by atoms with Crippen LogP contribution in [0.1, 0.15) is 51.2 Å². The molecule has 8 nitrogen and oxygen atoms in total. The summed E-state index contributed by atoms with van der Waals surface area (Å²) in [5.41, 5.74) is 2.15. The molecule has 1 unspecified atom stereocenters. The maximum absolute atomic E-state index is 12.1. The highest BCUT2D eigenvalue weighted by atomic mass is 16.5. The minimum atomic E-state index is -0.842. The molecule has 0 bridgehead atoms. The summed E-state index contributed by atoms with van der Waals surface area (Å²) in [5, 5.41) is 23.4. The molecule has 2 heterocycles. The van der Waals surface area contributed by atoms with E-state index in [0.717, 1.165) is 24.8 Å². The normalized spacial score (nSPS) is 14.7. The number of fused-ring (bicyclic) bond motifs is 2. The van der Waals surface area contributed by atoms with Gasteiger partial charge in [0, 0.05) is 18.2 Å². The first-order valence-corrected chi connectivity index (χ1v) is 10.8. The Morgan fingerprint density at radius 2 is 1.97 bits per heavy atom. The van der Waals surface area contributed by atoms with E-state index in [-0.39, 0.29) is 29.4 Å². The second kappa shape index (κ2) is 8.70. The van der Waals surface area contributed by atoms with Crippen molar-refractivity contribution < 1.29 is 24.2 Å². The lowest BCUT2D eigenvalue weighted by Crippen LogP contribution is -2.26. The Balaban J connectivity index is 1.36. The van der Waals surface area contributed by atoms with Crippen molar-refractivity contribution in [1.29, 1.82) is 0 Å². The predicted molar refractivity (Wildman–Crippen MR) is 120 cm³/mol. The predicted octanol–water partition coefficient (Wildman–Crippen LogP) is 3.95. The zero-order valence-electron chi connectivity index (χ0n) is 18.3. The van der Waals surface area contributed by atoms with Crippen molar-refractivity contribution in [2.45, 2.75) is 52.2 Å². The van der Waals surface area contributed by atoms with E-state index in [1.807, 2.05) is 18.2 Å². The van der Waals surface area contributed by atoms with Crippen molar-refractivity contribution >= 4 is 22.7 Å². The third-order valence-electron chi connectivity index (χ3n) is 5.99. The standard InChI is InChI=1S/C24H28N2O6/c1-24(2,9-5-11-26-18-6-3-4-7-20(18)32-23(26)30)10-8-19(28)16-12-15(27)13-17-22(16)31-14-21(29)25-17/h3-4,6-7,12-13,19,27-28H,5,8-11,14H2,1-2H3,(H,25,29). The fourth-order valence-corrected chi connectivity index (χ4v) is 4.21. The lowest BCUT2D eigenvalue weighted by atomic mass is 9.81. The number of nitrogens with one attached hydrogen (secondary N) is 1. The molecule has 32 heavy (non-hydrogen) atoms. The summed E-state index contributed by atoms with van der Waals surface area (Å²) in [5.74, 6) is -0.283. The van der Waals surface area contributed by atoms with E-state index in [2.05, 4.69) is 19.2 Å². The van der Waals surface area contributed by atoms with E-state index in [4.69, 9.17) is 9.15 Å². The number of benzene rings is 2. The summed E-state index contributed by atoms with van der Waals surface area (Å²) in [4.78, 5) is 23.7. The number of oxazole rings is 1. The summed E-state index contributed by atoms with van der Waals surface area (Å²) in [6.07, 6.45) is 2.01. The molecular formula is C24H28N2O6. The van der Waals surface area contributed by atoms with Crippen LogP contribution in [0.25, 0.3) is 11.1 Å². The first-order valence-electron chi connectivity index (χ1n) is 10.8. The molecule has 0 radical (unpaired) electrons. The van der Waals surface area contributed by atoms with Crippen molar-refractivity contribution in [2.75, 3.05) is 11.9 Å². The molecule has 2 aromatic carbocycles. The number of rotatable bonds is 8. The monoisotopic (exact) mass is 440 g/mol. The Labute approximate surface area is 185 Å². The van der Waals surface area contributed by atoms with Gasteiger partial charge in [0.15, 0.2) is 12.2 Å². The number of aryl methyl sites for hydroxylation is 1. The zero-order chi connectivity index (χ0) is 22.9. The Kier molecular flexibility index (Phi) is 5.97. The Morgan fingerprint density at radius 1 is 1.19 bits per heavy atom. The number of para-hydroxylation sites is 2. The van der Waals surface area contributed by atoms with E-state index < -0.39 is 6.10 Å². The molecule has 3 N–H and O–H groups in total. The second-order valence-corrected chi connectivity index (χ2v) is 9.06. The first kappa shape index (κ1) is 22.0. The number of amides is 1. The van der Waals surface area contributed by atoms with Gasteiger partial charge in [-0.15, -0.1) is 0 Å². The van der Waals surface area contributed by atoms with Crippen LogP contribution in [0.5, 0.6) is 11.5 Å². The molecule has 0 saturated carbocycles. The van der Waals surface area contributed by atoms with Crippen molar-refractivity contribution in [1.82, 2.24) is 4.57 Å². The molecule has 0 saturated heterocycles.